The van der Waals surface area contributed by atoms with E-state index >= 15 is 0 Å². The van der Waals surface area contributed by atoms with E-state index in [1.807, 2.05) is 26.2 Å². The van der Waals surface area contributed by atoms with Crippen LogP contribution < -0.4 is 14.4 Å². The highest BCUT2D eigenvalue weighted by atomic mass is 35.5. The van der Waals surface area contributed by atoms with Crippen LogP contribution in [0, 0.1) is 0 Å². The zero-order valence-electron chi connectivity index (χ0n) is 17.3. The normalized spacial score (nSPS) is 10.7. The number of methoxy groups -OCH3 is 2. The lowest BCUT2D eigenvalue weighted by molar-refractivity contribution is 0.0985. The molecule has 9 heteroatoms. The highest BCUT2D eigenvalue weighted by molar-refractivity contribution is 7.22. The van der Waals surface area contributed by atoms with Crippen molar-refractivity contribution in [3.8, 4) is 11.5 Å². The summed E-state index contributed by atoms with van der Waals surface area (Å²) in [5.41, 5.74) is 1.19. The maximum absolute atomic E-state index is 13.5. The zero-order valence-corrected chi connectivity index (χ0v) is 19.7. The van der Waals surface area contributed by atoms with Crippen molar-refractivity contribution in [2.24, 2.45) is 0 Å². The van der Waals surface area contributed by atoms with E-state index in [9.17, 15) is 4.79 Å². The summed E-state index contributed by atoms with van der Waals surface area (Å²) in [6.45, 7) is 1.39. The SMILES string of the molecule is COc1cc(OC)cc(C(=O)N(CCCN(C)C)c2nc3c(Cl)cccc3s2)c1.Cl. The van der Waals surface area contributed by atoms with Gasteiger partial charge in [-0.25, -0.2) is 4.98 Å². The summed E-state index contributed by atoms with van der Waals surface area (Å²) in [5.74, 6) is 0.970. The van der Waals surface area contributed by atoms with Crippen molar-refractivity contribution in [3.63, 3.8) is 0 Å². The number of anilines is 1. The molecule has 0 N–H and O–H groups in total. The van der Waals surface area contributed by atoms with Gasteiger partial charge < -0.3 is 14.4 Å². The summed E-state index contributed by atoms with van der Waals surface area (Å²) >= 11 is 7.75. The van der Waals surface area contributed by atoms with E-state index < -0.39 is 0 Å². The van der Waals surface area contributed by atoms with Crippen LogP contribution in [0.25, 0.3) is 10.2 Å². The Morgan fingerprint density at radius 3 is 2.33 bits per heavy atom. The van der Waals surface area contributed by atoms with Crippen molar-refractivity contribution in [1.29, 1.82) is 0 Å². The average molecular weight is 470 g/mol. The largest absolute Gasteiger partial charge is 0.497 e. The van der Waals surface area contributed by atoms with Gasteiger partial charge in [-0.1, -0.05) is 29.0 Å². The van der Waals surface area contributed by atoms with Gasteiger partial charge in [0.1, 0.15) is 17.0 Å². The molecule has 0 spiro atoms. The van der Waals surface area contributed by atoms with Gasteiger partial charge in [-0.2, -0.15) is 0 Å². The van der Waals surface area contributed by atoms with E-state index in [1.54, 1.807) is 43.4 Å². The lowest BCUT2D eigenvalue weighted by atomic mass is 10.1. The van der Waals surface area contributed by atoms with Crippen molar-refractivity contribution >= 4 is 56.6 Å². The molecule has 0 unspecified atom stereocenters. The fraction of sp³-hybridized carbons (Fsp3) is 0.333. The number of carbonyl (C=O) groups is 1. The van der Waals surface area contributed by atoms with Crippen LogP contribution in [0.15, 0.2) is 36.4 Å². The molecule has 1 aromatic heterocycles. The third-order valence-electron chi connectivity index (χ3n) is 4.42. The van der Waals surface area contributed by atoms with Gasteiger partial charge in [0.05, 0.1) is 23.9 Å². The summed E-state index contributed by atoms with van der Waals surface area (Å²) in [6, 6.07) is 10.8. The van der Waals surface area contributed by atoms with Gasteiger partial charge in [0.15, 0.2) is 5.13 Å². The predicted octanol–water partition coefficient (Wildman–Crippen LogP) is 4.99. The summed E-state index contributed by atoms with van der Waals surface area (Å²) in [7, 11) is 7.15. The van der Waals surface area contributed by atoms with Crippen LogP contribution in [0.3, 0.4) is 0 Å². The number of halogens is 2. The fourth-order valence-corrected chi connectivity index (χ4v) is 4.22. The number of ether oxygens (including phenoxy) is 2. The quantitative estimate of drug-likeness (QED) is 0.465. The van der Waals surface area contributed by atoms with Crippen LogP contribution in [0.2, 0.25) is 5.02 Å². The van der Waals surface area contributed by atoms with E-state index in [1.165, 1.54) is 11.3 Å². The Hall–Kier alpha value is -2.06. The maximum atomic E-state index is 13.5. The molecule has 1 amide bonds. The summed E-state index contributed by atoms with van der Waals surface area (Å²) in [6.07, 6.45) is 0.809. The van der Waals surface area contributed by atoms with Gasteiger partial charge in [0.2, 0.25) is 0 Å². The first-order chi connectivity index (χ1) is 13.9. The molecule has 162 valence electrons. The second kappa shape index (κ2) is 10.8. The molecule has 0 fully saturated rings. The molecule has 2 aromatic carbocycles. The number of nitrogens with zero attached hydrogens (tertiary/aromatic N) is 3. The van der Waals surface area contributed by atoms with Gasteiger partial charge in [0, 0.05) is 18.2 Å². The molecule has 0 saturated carbocycles. The Morgan fingerprint density at radius 2 is 1.77 bits per heavy atom. The van der Waals surface area contributed by atoms with Gasteiger partial charge in [-0.3, -0.25) is 9.69 Å². The second-order valence-corrected chi connectivity index (χ2v) is 8.21. The number of carbonyl (C=O) groups excluding carboxylic acids is 1. The Balaban J connectivity index is 0.00000320. The molecule has 0 atom stereocenters. The lowest BCUT2D eigenvalue weighted by Crippen LogP contribution is -2.33. The van der Waals surface area contributed by atoms with E-state index in [-0.39, 0.29) is 18.3 Å². The van der Waals surface area contributed by atoms with Gasteiger partial charge in [0.25, 0.3) is 5.91 Å². The predicted molar refractivity (Wildman–Crippen MR) is 126 cm³/mol. The monoisotopic (exact) mass is 469 g/mol. The minimum atomic E-state index is -0.156. The third kappa shape index (κ3) is 5.55. The summed E-state index contributed by atoms with van der Waals surface area (Å²) < 4.78 is 11.6. The van der Waals surface area contributed by atoms with E-state index in [0.717, 1.165) is 17.7 Å². The molecule has 0 aliphatic rings. The Kier molecular flexibility index (Phi) is 8.73. The van der Waals surface area contributed by atoms with Crippen LogP contribution in [0.1, 0.15) is 16.8 Å². The highest BCUT2D eigenvalue weighted by Crippen LogP contribution is 2.34. The average Bonchev–Trinajstić information content (AvgIpc) is 3.15. The first-order valence-corrected chi connectivity index (χ1v) is 10.4. The number of amides is 1. The molecule has 0 radical (unpaired) electrons. The molecule has 3 aromatic rings. The first-order valence-electron chi connectivity index (χ1n) is 9.17. The Morgan fingerprint density at radius 1 is 1.10 bits per heavy atom. The minimum absolute atomic E-state index is 0. The molecular formula is C21H25Cl2N3O3S. The minimum Gasteiger partial charge on any atom is -0.497 e. The van der Waals surface area contributed by atoms with E-state index in [0.29, 0.717) is 39.3 Å². The Labute approximate surface area is 191 Å². The van der Waals surface area contributed by atoms with Crippen molar-refractivity contribution in [2.75, 3.05) is 46.3 Å². The summed E-state index contributed by atoms with van der Waals surface area (Å²) in [4.78, 5) is 21.9. The van der Waals surface area contributed by atoms with Crippen molar-refractivity contribution in [1.82, 2.24) is 9.88 Å². The van der Waals surface area contributed by atoms with Crippen molar-refractivity contribution in [3.05, 3.63) is 47.0 Å². The standard InChI is InChI=1S/C21H24ClN3O3S.ClH/c1-24(2)9-6-10-25(21-23-19-17(22)7-5-8-18(19)29-21)20(26)14-11-15(27-3)13-16(12-14)28-4;/h5,7-8,11-13H,6,9-10H2,1-4H3;1H. The van der Waals surface area contributed by atoms with E-state index in [2.05, 4.69) is 9.88 Å². The smallest absolute Gasteiger partial charge is 0.260 e. The highest BCUT2D eigenvalue weighted by Gasteiger charge is 2.23. The third-order valence-corrected chi connectivity index (χ3v) is 5.77. The maximum Gasteiger partial charge on any atom is 0.260 e. The molecular weight excluding hydrogens is 445 g/mol. The van der Waals surface area contributed by atoms with Crippen LogP contribution in [-0.2, 0) is 0 Å². The van der Waals surface area contributed by atoms with Gasteiger partial charge in [-0.15, -0.1) is 12.4 Å². The van der Waals surface area contributed by atoms with Crippen LogP contribution in [0.4, 0.5) is 5.13 Å². The van der Waals surface area contributed by atoms with Gasteiger partial charge >= 0.3 is 0 Å². The van der Waals surface area contributed by atoms with Crippen molar-refractivity contribution in [2.45, 2.75) is 6.42 Å². The van der Waals surface area contributed by atoms with Gasteiger partial charge in [-0.05, 0) is 51.3 Å². The number of aromatic nitrogens is 1. The topological polar surface area (TPSA) is 54.9 Å². The van der Waals surface area contributed by atoms with Crippen molar-refractivity contribution < 1.29 is 14.3 Å². The number of hydrogen-bond acceptors (Lipinski definition) is 6. The number of hydrogen-bond donors (Lipinski definition) is 0. The Bertz CT molecular complexity index is 988. The first kappa shape index (κ1) is 24.2. The molecule has 1 heterocycles. The molecule has 6 nitrogen and oxygen atoms in total. The number of thiazole rings is 1. The number of benzene rings is 2. The molecule has 0 saturated heterocycles. The molecule has 30 heavy (non-hydrogen) atoms. The lowest BCUT2D eigenvalue weighted by Gasteiger charge is -2.21. The van der Waals surface area contributed by atoms with Crippen LogP contribution >= 0.6 is 35.3 Å². The number of rotatable bonds is 8. The number of para-hydroxylation sites is 1. The fourth-order valence-electron chi connectivity index (χ4n) is 2.93. The second-order valence-electron chi connectivity index (χ2n) is 6.80. The number of fused-ring (bicyclic) bond motifs is 1. The zero-order chi connectivity index (χ0) is 21.0. The van der Waals surface area contributed by atoms with E-state index in [4.69, 9.17) is 21.1 Å². The molecule has 3 rings (SSSR count). The molecule has 0 aliphatic heterocycles. The summed E-state index contributed by atoms with van der Waals surface area (Å²) in [5, 5.41) is 1.20. The van der Waals surface area contributed by atoms with Crippen LogP contribution in [-0.4, -0.2) is 57.2 Å². The molecule has 0 bridgehead atoms. The molecule has 0 aliphatic carbocycles. The van der Waals surface area contributed by atoms with Crippen LogP contribution in [0.5, 0.6) is 11.5 Å².